The van der Waals surface area contributed by atoms with Crippen molar-refractivity contribution in [3.05, 3.63) is 59.7 Å². The number of hydrogen-bond acceptors (Lipinski definition) is 3. The van der Waals surface area contributed by atoms with Crippen molar-refractivity contribution in [2.75, 3.05) is 11.4 Å². The zero-order valence-electron chi connectivity index (χ0n) is 12.0. The van der Waals surface area contributed by atoms with Crippen molar-refractivity contribution in [1.82, 2.24) is 0 Å². The predicted octanol–water partition coefficient (Wildman–Crippen LogP) is 2.49. The van der Waals surface area contributed by atoms with Gasteiger partial charge >= 0.3 is 5.97 Å². The van der Waals surface area contributed by atoms with E-state index in [0.29, 0.717) is 17.0 Å². The van der Waals surface area contributed by atoms with Gasteiger partial charge in [0.05, 0.1) is 12.2 Å². The summed E-state index contributed by atoms with van der Waals surface area (Å²) in [5.41, 5.74) is 2.00. The Labute approximate surface area is 127 Å². The lowest BCUT2D eigenvalue weighted by Gasteiger charge is -2.33. The number of ether oxygens (including phenoxy) is 1. The standard InChI is InChI=1S/C17H15NO4/c1-11-6-2-3-7-12(11)16(19)18-10-15(17(20)21)22-14-9-5-4-8-13(14)18/h2-9,15H,10H2,1H3,(H,20,21). The first-order chi connectivity index (χ1) is 10.6. The maximum atomic E-state index is 12.8. The highest BCUT2D eigenvalue weighted by Gasteiger charge is 2.34. The SMILES string of the molecule is Cc1ccccc1C(=O)N1CC(C(=O)O)Oc2ccccc21. The average molecular weight is 297 g/mol. The molecule has 3 rings (SSSR count). The van der Waals surface area contributed by atoms with Gasteiger partial charge < -0.3 is 14.7 Å². The lowest BCUT2D eigenvalue weighted by Crippen LogP contribution is -2.47. The normalized spacial score (nSPS) is 16.6. The number of fused-ring (bicyclic) bond motifs is 1. The van der Waals surface area contributed by atoms with Crippen LogP contribution in [0.5, 0.6) is 5.75 Å². The fourth-order valence-electron chi connectivity index (χ4n) is 2.51. The molecule has 22 heavy (non-hydrogen) atoms. The summed E-state index contributed by atoms with van der Waals surface area (Å²) in [5.74, 6) is -0.903. The molecule has 1 aliphatic rings. The highest BCUT2D eigenvalue weighted by Crippen LogP contribution is 2.34. The van der Waals surface area contributed by atoms with Crippen LogP contribution in [0.2, 0.25) is 0 Å². The number of nitrogens with zero attached hydrogens (tertiary/aromatic N) is 1. The van der Waals surface area contributed by atoms with Crippen LogP contribution in [0.15, 0.2) is 48.5 Å². The Kier molecular flexibility index (Phi) is 3.55. The van der Waals surface area contributed by atoms with Crippen LogP contribution in [0.1, 0.15) is 15.9 Å². The van der Waals surface area contributed by atoms with Crippen molar-refractivity contribution in [3.63, 3.8) is 0 Å². The molecule has 5 nitrogen and oxygen atoms in total. The van der Waals surface area contributed by atoms with Crippen LogP contribution in [0.25, 0.3) is 0 Å². The predicted molar refractivity (Wildman–Crippen MR) is 81.3 cm³/mol. The number of carbonyl (C=O) groups is 2. The molecular formula is C17H15NO4. The molecule has 0 bridgehead atoms. The van der Waals surface area contributed by atoms with Crippen LogP contribution < -0.4 is 9.64 Å². The summed E-state index contributed by atoms with van der Waals surface area (Å²) >= 11 is 0. The molecule has 0 fully saturated rings. The Morgan fingerprint density at radius 1 is 1.14 bits per heavy atom. The van der Waals surface area contributed by atoms with Gasteiger partial charge in [-0.15, -0.1) is 0 Å². The molecular weight excluding hydrogens is 282 g/mol. The zero-order valence-corrected chi connectivity index (χ0v) is 12.0. The second-order valence-corrected chi connectivity index (χ2v) is 5.14. The highest BCUT2D eigenvalue weighted by molar-refractivity contribution is 6.08. The van der Waals surface area contributed by atoms with Crippen LogP contribution in [-0.2, 0) is 4.79 Å². The number of aliphatic carboxylic acids is 1. The van der Waals surface area contributed by atoms with Crippen LogP contribution in [0, 0.1) is 6.92 Å². The van der Waals surface area contributed by atoms with Crippen LogP contribution >= 0.6 is 0 Å². The van der Waals surface area contributed by atoms with E-state index in [1.165, 1.54) is 4.90 Å². The van der Waals surface area contributed by atoms with Gasteiger partial charge in [0.25, 0.3) is 5.91 Å². The van der Waals surface area contributed by atoms with Crippen molar-refractivity contribution in [2.24, 2.45) is 0 Å². The molecule has 1 amide bonds. The zero-order chi connectivity index (χ0) is 15.7. The fourth-order valence-corrected chi connectivity index (χ4v) is 2.51. The fraction of sp³-hybridized carbons (Fsp3) is 0.176. The van der Waals surface area contributed by atoms with E-state index in [4.69, 9.17) is 4.74 Å². The molecule has 112 valence electrons. The highest BCUT2D eigenvalue weighted by atomic mass is 16.5. The number of carbonyl (C=O) groups excluding carboxylic acids is 1. The topological polar surface area (TPSA) is 66.8 Å². The molecule has 0 saturated carbocycles. The van der Waals surface area contributed by atoms with Gasteiger partial charge in [0.2, 0.25) is 6.10 Å². The van der Waals surface area contributed by atoms with Crippen molar-refractivity contribution in [3.8, 4) is 5.75 Å². The summed E-state index contributed by atoms with van der Waals surface area (Å²) in [7, 11) is 0. The van der Waals surface area contributed by atoms with Crippen molar-refractivity contribution < 1.29 is 19.4 Å². The largest absolute Gasteiger partial charge is 0.478 e. The number of carboxylic acid groups (broad SMARTS) is 1. The monoisotopic (exact) mass is 297 g/mol. The van der Waals surface area contributed by atoms with Gasteiger partial charge in [-0.25, -0.2) is 4.79 Å². The Bertz CT molecular complexity index is 741. The maximum absolute atomic E-state index is 12.8. The van der Waals surface area contributed by atoms with E-state index < -0.39 is 12.1 Å². The lowest BCUT2D eigenvalue weighted by atomic mass is 10.1. The molecule has 2 aromatic carbocycles. The quantitative estimate of drug-likeness (QED) is 0.924. The minimum atomic E-state index is -1.09. The minimum absolute atomic E-state index is 0.0144. The first-order valence-electron chi connectivity index (χ1n) is 6.94. The minimum Gasteiger partial charge on any atom is -0.478 e. The van der Waals surface area contributed by atoms with Crippen LogP contribution in [0.4, 0.5) is 5.69 Å². The van der Waals surface area contributed by atoms with Gasteiger partial charge in [-0.3, -0.25) is 4.79 Å². The Balaban J connectivity index is 2.03. The Morgan fingerprint density at radius 3 is 2.55 bits per heavy atom. The summed E-state index contributed by atoms with van der Waals surface area (Å²) in [6.07, 6.45) is -1.07. The smallest absolute Gasteiger partial charge is 0.346 e. The number of para-hydroxylation sites is 2. The third kappa shape index (κ3) is 2.41. The van der Waals surface area contributed by atoms with Gasteiger partial charge in [-0.1, -0.05) is 30.3 Å². The van der Waals surface area contributed by atoms with Gasteiger partial charge in [-0.2, -0.15) is 0 Å². The van der Waals surface area contributed by atoms with Crippen molar-refractivity contribution in [1.29, 1.82) is 0 Å². The van der Waals surface area contributed by atoms with E-state index in [1.54, 1.807) is 36.4 Å². The first-order valence-corrected chi connectivity index (χ1v) is 6.94. The second-order valence-electron chi connectivity index (χ2n) is 5.14. The summed E-state index contributed by atoms with van der Waals surface area (Å²) in [4.78, 5) is 25.6. The third-order valence-corrected chi connectivity index (χ3v) is 3.67. The number of rotatable bonds is 2. The van der Waals surface area contributed by atoms with E-state index >= 15 is 0 Å². The second kappa shape index (κ2) is 5.52. The molecule has 1 heterocycles. The van der Waals surface area contributed by atoms with E-state index in [0.717, 1.165) is 5.56 Å². The number of hydrogen-bond donors (Lipinski definition) is 1. The number of aryl methyl sites for hydroxylation is 1. The van der Waals surface area contributed by atoms with Gasteiger partial charge in [0.15, 0.2) is 0 Å². The Hall–Kier alpha value is -2.82. The van der Waals surface area contributed by atoms with E-state index in [-0.39, 0.29) is 12.5 Å². The van der Waals surface area contributed by atoms with E-state index in [2.05, 4.69) is 0 Å². The molecule has 0 aromatic heterocycles. The Morgan fingerprint density at radius 2 is 1.82 bits per heavy atom. The maximum Gasteiger partial charge on any atom is 0.346 e. The number of amides is 1. The first kappa shape index (κ1) is 14.1. The number of anilines is 1. The van der Waals surface area contributed by atoms with Gasteiger partial charge in [-0.05, 0) is 30.7 Å². The molecule has 2 aromatic rings. The molecule has 0 saturated heterocycles. The molecule has 0 spiro atoms. The summed E-state index contributed by atoms with van der Waals surface area (Å²) in [5, 5.41) is 9.23. The third-order valence-electron chi connectivity index (χ3n) is 3.67. The summed E-state index contributed by atoms with van der Waals surface area (Å²) < 4.78 is 5.45. The van der Waals surface area contributed by atoms with Gasteiger partial charge in [0.1, 0.15) is 5.75 Å². The molecule has 1 aliphatic heterocycles. The molecule has 0 radical (unpaired) electrons. The van der Waals surface area contributed by atoms with E-state index in [1.807, 2.05) is 19.1 Å². The molecule has 5 heteroatoms. The summed E-state index contributed by atoms with van der Waals surface area (Å²) in [6.45, 7) is 1.84. The number of benzene rings is 2. The molecule has 0 aliphatic carbocycles. The van der Waals surface area contributed by atoms with Gasteiger partial charge in [0, 0.05) is 5.56 Å². The van der Waals surface area contributed by atoms with Crippen LogP contribution in [-0.4, -0.2) is 29.6 Å². The lowest BCUT2D eigenvalue weighted by molar-refractivity contribution is -0.144. The van der Waals surface area contributed by atoms with E-state index in [9.17, 15) is 14.7 Å². The van der Waals surface area contributed by atoms with Crippen molar-refractivity contribution in [2.45, 2.75) is 13.0 Å². The van der Waals surface area contributed by atoms with Crippen molar-refractivity contribution >= 4 is 17.6 Å². The molecule has 1 N–H and O–H groups in total. The molecule has 1 atom stereocenters. The summed E-state index contributed by atoms with van der Waals surface area (Å²) in [6, 6.07) is 14.2. The molecule has 1 unspecified atom stereocenters. The number of carboxylic acids is 1. The van der Waals surface area contributed by atoms with Crippen LogP contribution in [0.3, 0.4) is 0 Å². The average Bonchev–Trinajstić information content (AvgIpc) is 2.53.